The predicted octanol–water partition coefficient (Wildman–Crippen LogP) is 6.48. The largest absolute Gasteiger partial charge is 0.481 e. The summed E-state index contributed by atoms with van der Waals surface area (Å²) in [5.41, 5.74) is -3.40. The van der Waals surface area contributed by atoms with Crippen molar-refractivity contribution in [1.82, 2.24) is 14.8 Å². The molecule has 1 amide bonds. The van der Waals surface area contributed by atoms with E-state index in [9.17, 15) is 37.1 Å². The number of aromatic nitrogens is 1. The Morgan fingerprint density at radius 3 is 2.21 bits per heavy atom. The van der Waals surface area contributed by atoms with Gasteiger partial charge in [-0.15, -0.1) is 6.42 Å². The number of morpholine rings is 1. The Balaban J connectivity index is 1.56. The van der Waals surface area contributed by atoms with Crippen LogP contribution in [0.25, 0.3) is 11.1 Å². The molecule has 52 heavy (non-hydrogen) atoms. The molecular formula is C38H39F6N3O5. The normalized spacial score (nSPS) is 18.4. The van der Waals surface area contributed by atoms with Crippen molar-refractivity contribution in [3.05, 3.63) is 91.6 Å². The number of carboxylic acid groups (broad SMARTS) is 1. The molecular weight excluding hydrogens is 692 g/mol. The SMILES string of the molecule is C#Cc1cc(-c2c(C)cc(F)cc2C)c(F)c(C(CC(=O)O)NC(=O)C(CC(C)C)n2cc(CCN3CC4CC(C3)O4)c(C(F)(F)F)cc2=O)c1F. The standard InChI is InChI=1S/C38H39F6N3O5/c1-6-22-12-27(33-20(4)10-24(39)11-21(33)5)36(41)34(35(22)40)29(15-32(49)50)45-37(51)30(9-19(2)3)47-16-23(28(14-31(47)48)38(42,43)44)7-8-46-17-25-13-26(18-46)52-25/h1,10-12,14,16,19,25-26,29-30H,7-9,13,15,17-18H2,2-5H3,(H,45,51)(H,49,50). The van der Waals surface area contributed by atoms with Crippen molar-refractivity contribution < 1.29 is 45.8 Å². The summed E-state index contributed by atoms with van der Waals surface area (Å²) in [7, 11) is 0. The van der Waals surface area contributed by atoms with Crippen molar-refractivity contribution in [2.45, 2.75) is 83.8 Å². The number of benzene rings is 2. The first-order valence-electron chi connectivity index (χ1n) is 16.9. The second kappa shape index (κ2) is 15.2. The Morgan fingerprint density at radius 1 is 1.06 bits per heavy atom. The number of aryl methyl sites for hydroxylation is 2. The summed E-state index contributed by atoms with van der Waals surface area (Å²) >= 11 is 0. The number of rotatable bonds is 12. The third kappa shape index (κ3) is 8.21. The molecule has 2 aromatic carbocycles. The Bertz CT molecular complexity index is 1950. The number of hydrogen-bond acceptors (Lipinski definition) is 5. The minimum atomic E-state index is -4.88. The number of carboxylic acids is 1. The maximum Gasteiger partial charge on any atom is 0.416 e. The van der Waals surface area contributed by atoms with Gasteiger partial charge < -0.3 is 19.7 Å². The number of ether oxygens (including phenoxy) is 1. The molecule has 2 bridgehead atoms. The van der Waals surface area contributed by atoms with Gasteiger partial charge in [-0.2, -0.15) is 13.2 Å². The number of pyridine rings is 1. The van der Waals surface area contributed by atoms with Crippen LogP contribution in [0, 0.1) is 49.6 Å². The van der Waals surface area contributed by atoms with E-state index in [-0.39, 0.29) is 65.3 Å². The Hall–Kier alpha value is -4.61. The maximum atomic E-state index is 16.5. The van der Waals surface area contributed by atoms with Gasteiger partial charge in [0.2, 0.25) is 5.91 Å². The topological polar surface area (TPSA) is 101 Å². The van der Waals surface area contributed by atoms with E-state index in [2.05, 4.69) is 11.2 Å². The molecule has 278 valence electrons. The highest BCUT2D eigenvalue weighted by Crippen LogP contribution is 2.38. The molecule has 6 rings (SSSR count). The third-order valence-electron chi connectivity index (χ3n) is 9.53. The molecule has 0 aliphatic carbocycles. The van der Waals surface area contributed by atoms with Crippen LogP contribution in [0.1, 0.15) is 78.6 Å². The lowest BCUT2D eigenvalue weighted by atomic mass is 9.89. The van der Waals surface area contributed by atoms with Crippen molar-refractivity contribution in [1.29, 1.82) is 0 Å². The number of nitrogens with one attached hydrogen (secondary N) is 1. The van der Waals surface area contributed by atoms with Gasteiger partial charge in [-0.25, -0.2) is 13.2 Å². The molecule has 0 radical (unpaired) electrons. The summed E-state index contributed by atoms with van der Waals surface area (Å²) < 4.78 is 95.6. The zero-order valence-corrected chi connectivity index (χ0v) is 29.0. The number of halogens is 6. The minimum absolute atomic E-state index is 0.0171. The number of hydrogen-bond donors (Lipinski definition) is 2. The van der Waals surface area contributed by atoms with Gasteiger partial charge in [0.15, 0.2) is 0 Å². The average molecular weight is 732 g/mol. The van der Waals surface area contributed by atoms with Crippen LogP contribution in [0.3, 0.4) is 0 Å². The van der Waals surface area contributed by atoms with Crippen LogP contribution in [-0.2, 0) is 26.9 Å². The fraction of sp³-hybridized carbons (Fsp3) is 0.447. The van der Waals surface area contributed by atoms with Gasteiger partial charge in [-0.3, -0.25) is 19.3 Å². The highest BCUT2D eigenvalue weighted by atomic mass is 19.4. The van der Waals surface area contributed by atoms with Gasteiger partial charge in [0.1, 0.15) is 23.5 Å². The second-order valence-corrected chi connectivity index (χ2v) is 14.0. The van der Waals surface area contributed by atoms with Crippen LogP contribution >= 0.6 is 0 Å². The van der Waals surface area contributed by atoms with E-state index in [4.69, 9.17) is 11.2 Å². The molecule has 2 N–H and O–H groups in total. The summed E-state index contributed by atoms with van der Waals surface area (Å²) in [6.07, 6.45) is 1.35. The lowest BCUT2D eigenvalue weighted by Gasteiger charge is -2.47. The molecule has 0 saturated carbocycles. The summed E-state index contributed by atoms with van der Waals surface area (Å²) in [4.78, 5) is 41.4. The molecule has 3 aromatic rings. The lowest BCUT2D eigenvalue weighted by molar-refractivity contribution is -0.180. The van der Waals surface area contributed by atoms with Crippen LogP contribution < -0.4 is 10.9 Å². The van der Waals surface area contributed by atoms with Crippen LogP contribution in [-0.4, -0.2) is 58.3 Å². The summed E-state index contributed by atoms with van der Waals surface area (Å²) in [5, 5.41) is 12.2. The third-order valence-corrected chi connectivity index (χ3v) is 9.53. The first-order valence-corrected chi connectivity index (χ1v) is 16.9. The highest BCUT2D eigenvalue weighted by molar-refractivity contribution is 5.82. The fourth-order valence-corrected chi connectivity index (χ4v) is 7.25. The van der Waals surface area contributed by atoms with Crippen molar-refractivity contribution in [2.75, 3.05) is 19.6 Å². The number of carbonyl (C=O) groups excluding carboxylic acids is 1. The zero-order chi connectivity index (χ0) is 38.2. The van der Waals surface area contributed by atoms with E-state index in [1.54, 1.807) is 13.8 Å². The van der Waals surface area contributed by atoms with Gasteiger partial charge in [-0.1, -0.05) is 19.8 Å². The number of carbonyl (C=O) groups is 2. The van der Waals surface area contributed by atoms with Gasteiger partial charge in [-0.05, 0) is 73.1 Å². The molecule has 4 atom stereocenters. The fourth-order valence-electron chi connectivity index (χ4n) is 7.25. The van der Waals surface area contributed by atoms with Gasteiger partial charge in [0.05, 0.1) is 35.8 Å². The highest BCUT2D eigenvalue weighted by Gasteiger charge is 2.40. The smallest absolute Gasteiger partial charge is 0.416 e. The molecule has 14 heteroatoms. The molecule has 4 heterocycles. The average Bonchev–Trinajstić information content (AvgIpc) is 3.02. The molecule has 3 aliphatic heterocycles. The lowest BCUT2D eigenvalue weighted by Crippen LogP contribution is -2.57. The van der Waals surface area contributed by atoms with Crippen LogP contribution in [0.15, 0.2) is 35.3 Å². The summed E-state index contributed by atoms with van der Waals surface area (Å²) in [5.74, 6) is -4.00. The predicted molar refractivity (Wildman–Crippen MR) is 180 cm³/mol. The first kappa shape index (κ1) is 38.6. The van der Waals surface area contributed by atoms with Crippen molar-refractivity contribution in [3.8, 4) is 23.5 Å². The number of amides is 1. The summed E-state index contributed by atoms with van der Waals surface area (Å²) in [6, 6.07) is 0.344. The first-order chi connectivity index (χ1) is 24.4. The Labute approximate surface area is 296 Å². The number of nitrogens with zero attached hydrogens (tertiary/aromatic N) is 2. The van der Waals surface area contributed by atoms with Crippen LogP contribution in [0.5, 0.6) is 0 Å². The number of fused-ring (bicyclic) bond motifs is 2. The van der Waals surface area contributed by atoms with Gasteiger partial charge >= 0.3 is 12.1 Å². The Kier molecular flexibility index (Phi) is 11.3. The number of alkyl halides is 3. The van der Waals surface area contributed by atoms with E-state index in [0.717, 1.165) is 35.4 Å². The van der Waals surface area contributed by atoms with E-state index in [0.29, 0.717) is 19.2 Å². The zero-order valence-electron chi connectivity index (χ0n) is 29.0. The van der Waals surface area contributed by atoms with E-state index >= 15 is 8.78 Å². The molecule has 3 fully saturated rings. The van der Waals surface area contributed by atoms with E-state index in [1.165, 1.54) is 13.8 Å². The molecule has 4 unspecified atom stereocenters. The van der Waals surface area contributed by atoms with E-state index < -0.39 is 76.3 Å². The van der Waals surface area contributed by atoms with E-state index in [1.807, 2.05) is 4.90 Å². The Morgan fingerprint density at radius 2 is 1.67 bits per heavy atom. The summed E-state index contributed by atoms with van der Waals surface area (Å²) in [6.45, 7) is 7.73. The van der Waals surface area contributed by atoms with Crippen LogP contribution in [0.2, 0.25) is 0 Å². The number of aliphatic carboxylic acids is 1. The van der Waals surface area contributed by atoms with Gasteiger partial charge in [0, 0.05) is 49.4 Å². The van der Waals surface area contributed by atoms with Crippen LogP contribution in [0.4, 0.5) is 26.3 Å². The van der Waals surface area contributed by atoms with Crippen molar-refractivity contribution >= 4 is 11.9 Å². The number of terminal acetylenes is 1. The second-order valence-electron chi connectivity index (χ2n) is 14.0. The maximum absolute atomic E-state index is 16.5. The molecule has 0 spiro atoms. The molecule has 8 nitrogen and oxygen atoms in total. The molecule has 3 aliphatic rings. The van der Waals surface area contributed by atoms with Gasteiger partial charge in [0.25, 0.3) is 5.56 Å². The van der Waals surface area contributed by atoms with Crippen molar-refractivity contribution in [3.63, 3.8) is 0 Å². The quantitative estimate of drug-likeness (QED) is 0.163. The van der Waals surface area contributed by atoms with Crippen molar-refractivity contribution in [2.24, 2.45) is 5.92 Å². The monoisotopic (exact) mass is 731 g/mol. The molecule has 3 saturated heterocycles. The molecule has 1 aromatic heterocycles. The minimum Gasteiger partial charge on any atom is -0.481 e. The number of piperidine rings is 1.